The van der Waals surface area contributed by atoms with Gasteiger partial charge in [0.05, 0.1) is 6.54 Å². The second kappa shape index (κ2) is 10.7. The highest BCUT2D eigenvalue weighted by atomic mass is 127. The molecule has 1 saturated heterocycles. The summed E-state index contributed by atoms with van der Waals surface area (Å²) in [6.45, 7) is 4.39. The molecule has 2 heterocycles. The van der Waals surface area contributed by atoms with Gasteiger partial charge in [-0.3, -0.25) is 0 Å². The second-order valence-corrected chi connectivity index (χ2v) is 7.17. The first-order chi connectivity index (χ1) is 11.8. The summed E-state index contributed by atoms with van der Waals surface area (Å²) >= 11 is 2.05. The summed E-state index contributed by atoms with van der Waals surface area (Å²) in [4.78, 5) is 4.61. The third-order valence-electron chi connectivity index (χ3n) is 3.88. The molecule has 0 saturated carbocycles. The Labute approximate surface area is 170 Å². The topological polar surface area (TPSA) is 62.5 Å². The first-order valence-corrected chi connectivity index (χ1v) is 9.55. The Hall–Kier alpha value is -1.22. The van der Waals surface area contributed by atoms with Crippen molar-refractivity contribution in [3.05, 3.63) is 42.1 Å². The Kier molecular flexibility index (Phi) is 8.60. The monoisotopic (exact) mass is 472 g/mol. The lowest BCUT2D eigenvalue weighted by atomic mass is 10.2. The van der Waals surface area contributed by atoms with Crippen LogP contribution in [0.25, 0.3) is 11.3 Å². The van der Waals surface area contributed by atoms with Crippen LogP contribution < -0.4 is 10.6 Å². The molecule has 0 radical (unpaired) electrons. The van der Waals surface area contributed by atoms with Crippen LogP contribution in [0.1, 0.15) is 25.5 Å². The minimum Gasteiger partial charge on any atom is -0.357 e. The van der Waals surface area contributed by atoms with Crippen LogP contribution in [0.4, 0.5) is 0 Å². The fraction of sp³-hybridized carbons (Fsp3) is 0.444. The number of nitrogens with zero attached hydrogens (tertiary/aromatic N) is 2. The van der Waals surface area contributed by atoms with E-state index in [0.717, 1.165) is 36.1 Å². The Balaban J connectivity index is 0.00000225. The van der Waals surface area contributed by atoms with Crippen LogP contribution in [-0.2, 0) is 6.54 Å². The number of nitrogens with one attached hydrogen (secondary N) is 2. The number of halogens is 1. The Bertz CT molecular complexity index is 656. The summed E-state index contributed by atoms with van der Waals surface area (Å²) in [5.41, 5.74) is 1.87. The van der Waals surface area contributed by atoms with E-state index >= 15 is 0 Å². The zero-order valence-electron chi connectivity index (χ0n) is 14.4. The van der Waals surface area contributed by atoms with Gasteiger partial charge in [0.25, 0.3) is 0 Å². The van der Waals surface area contributed by atoms with Gasteiger partial charge >= 0.3 is 0 Å². The summed E-state index contributed by atoms with van der Waals surface area (Å²) in [6, 6.07) is 11.9. The third kappa shape index (κ3) is 6.22. The summed E-state index contributed by atoms with van der Waals surface area (Å²) in [6.07, 6.45) is 2.62. The molecule has 1 unspecified atom stereocenters. The van der Waals surface area contributed by atoms with Gasteiger partial charge in [0.15, 0.2) is 11.7 Å². The second-order valence-electron chi connectivity index (χ2n) is 5.76. The molecule has 136 valence electrons. The average molecular weight is 472 g/mol. The van der Waals surface area contributed by atoms with Crippen molar-refractivity contribution in [2.75, 3.05) is 18.8 Å². The predicted octanol–water partition coefficient (Wildman–Crippen LogP) is 3.91. The van der Waals surface area contributed by atoms with E-state index in [2.05, 4.69) is 27.7 Å². The molecule has 0 aliphatic carbocycles. The van der Waals surface area contributed by atoms with Gasteiger partial charge in [-0.05, 0) is 25.5 Å². The summed E-state index contributed by atoms with van der Waals surface area (Å²) in [7, 11) is 0. The lowest BCUT2D eigenvalue weighted by molar-refractivity contribution is 0.424. The van der Waals surface area contributed by atoms with Crippen LogP contribution in [-0.4, -0.2) is 35.2 Å². The van der Waals surface area contributed by atoms with Crippen molar-refractivity contribution in [2.24, 2.45) is 4.99 Å². The molecule has 5 nitrogen and oxygen atoms in total. The van der Waals surface area contributed by atoms with Crippen LogP contribution in [0.15, 0.2) is 45.9 Å². The average Bonchev–Trinajstić information content (AvgIpc) is 3.30. The Morgan fingerprint density at radius 1 is 1.32 bits per heavy atom. The van der Waals surface area contributed by atoms with Gasteiger partial charge in [0.2, 0.25) is 0 Å². The predicted molar refractivity (Wildman–Crippen MR) is 116 cm³/mol. The zero-order chi connectivity index (χ0) is 16.6. The van der Waals surface area contributed by atoms with Gasteiger partial charge in [-0.25, -0.2) is 4.99 Å². The Morgan fingerprint density at radius 2 is 2.16 bits per heavy atom. The van der Waals surface area contributed by atoms with E-state index in [-0.39, 0.29) is 24.0 Å². The van der Waals surface area contributed by atoms with Crippen LogP contribution >= 0.6 is 35.7 Å². The molecule has 2 N–H and O–H groups in total. The number of guanidine groups is 1. The normalized spacial score (nSPS) is 17.2. The van der Waals surface area contributed by atoms with Crippen molar-refractivity contribution in [1.29, 1.82) is 0 Å². The maximum Gasteiger partial charge on any atom is 0.191 e. The Morgan fingerprint density at radius 3 is 2.88 bits per heavy atom. The van der Waals surface area contributed by atoms with Crippen molar-refractivity contribution < 1.29 is 4.52 Å². The molecule has 25 heavy (non-hydrogen) atoms. The molecule has 0 bridgehead atoms. The number of rotatable bonds is 6. The molecule has 1 aromatic heterocycles. The quantitative estimate of drug-likeness (QED) is 0.379. The van der Waals surface area contributed by atoms with E-state index in [9.17, 15) is 0 Å². The maximum absolute atomic E-state index is 5.42. The van der Waals surface area contributed by atoms with Crippen LogP contribution in [0.3, 0.4) is 0 Å². The van der Waals surface area contributed by atoms with Gasteiger partial charge in [-0.2, -0.15) is 11.8 Å². The van der Waals surface area contributed by atoms with Crippen LogP contribution in [0, 0.1) is 0 Å². The van der Waals surface area contributed by atoms with Gasteiger partial charge < -0.3 is 15.2 Å². The molecule has 1 aliphatic rings. The highest BCUT2D eigenvalue weighted by Gasteiger charge is 2.15. The van der Waals surface area contributed by atoms with Crippen molar-refractivity contribution in [3.63, 3.8) is 0 Å². The first-order valence-electron chi connectivity index (χ1n) is 8.50. The highest BCUT2D eigenvalue weighted by Crippen LogP contribution is 2.25. The van der Waals surface area contributed by atoms with Gasteiger partial charge in [0.1, 0.15) is 5.69 Å². The fourth-order valence-electron chi connectivity index (χ4n) is 2.64. The highest BCUT2D eigenvalue weighted by molar-refractivity contribution is 14.0. The maximum atomic E-state index is 5.42. The van der Waals surface area contributed by atoms with Crippen molar-refractivity contribution >= 4 is 41.7 Å². The summed E-state index contributed by atoms with van der Waals surface area (Å²) in [5, 5.41) is 11.5. The number of aromatic nitrogens is 1. The third-order valence-corrected chi connectivity index (χ3v) is 5.28. The molecule has 0 amide bonds. The van der Waals surface area contributed by atoms with E-state index < -0.39 is 0 Å². The van der Waals surface area contributed by atoms with Crippen molar-refractivity contribution in [2.45, 2.75) is 31.6 Å². The largest absolute Gasteiger partial charge is 0.357 e. The van der Waals surface area contributed by atoms with Crippen molar-refractivity contribution in [1.82, 2.24) is 15.8 Å². The van der Waals surface area contributed by atoms with E-state index in [1.54, 1.807) is 0 Å². The van der Waals surface area contributed by atoms with Crippen LogP contribution in [0.2, 0.25) is 0 Å². The molecular formula is C18H25IN4OS. The fourth-order valence-corrected chi connectivity index (χ4v) is 3.84. The molecule has 1 aromatic carbocycles. The molecule has 0 spiro atoms. The zero-order valence-corrected chi connectivity index (χ0v) is 17.6. The summed E-state index contributed by atoms with van der Waals surface area (Å²) < 4.78 is 5.42. The van der Waals surface area contributed by atoms with E-state index in [1.807, 2.05) is 48.2 Å². The summed E-state index contributed by atoms with van der Waals surface area (Å²) in [5.74, 6) is 2.90. The van der Waals surface area contributed by atoms with Gasteiger partial charge in [-0.15, -0.1) is 24.0 Å². The standard InChI is InChI=1S/C18H24N4OS.HI/c1-2-19-18(21-13-16-9-6-10-24-16)20-12-15-11-17(23-22-15)14-7-4-3-5-8-14;/h3-5,7-8,11,16H,2,6,9-10,12-13H2,1H3,(H2,19,20,21);1H. The van der Waals surface area contributed by atoms with Gasteiger partial charge in [-0.1, -0.05) is 35.5 Å². The lowest BCUT2D eigenvalue weighted by Gasteiger charge is -2.14. The van der Waals surface area contributed by atoms with Gasteiger partial charge in [0, 0.05) is 30.0 Å². The molecule has 1 atom stereocenters. The minimum atomic E-state index is 0. The molecule has 7 heteroatoms. The molecule has 1 aliphatic heterocycles. The van der Waals surface area contributed by atoms with Crippen molar-refractivity contribution in [3.8, 4) is 11.3 Å². The number of benzene rings is 1. The number of hydrogen-bond acceptors (Lipinski definition) is 4. The van der Waals surface area contributed by atoms with E-state index in [0.29, 0.717) is 11.8 Å². The first kappa shape index (κ1) is 20.1. The van der Waals surface area contributed by atoms with Crippen LogP contribution in [0.5, 0.6) is 0 Å². The molecule has 2 aromatic rings. The number of thioether (sulfide) groups is 1. The van der Waals surface area contributed by atoms with E-state index in [1.165, 1.54) is 18.6 Å². The lowest BCUT2D eigenvalue weighted by Crippen LogP contribution is -2.40. The molecule has 3 rings (SSSR count). The number of hydrogen-bond donors (Lipinski definition) is 2. The SMILES string of the molecule is CCNC(=NCc1cc(-c2ccccc2)on1)NCC1CCCS1.I. The molecule has 1 fully saturated rings. The smallest absolute Gasteiger partial charge is 0.191 e. The molecular weight excluding hydrogens is 447 g/mol. The number of aliphatic imine (C=N–C) groups is 1. The minimum absolute atomic E-state index is 0. The van der Waals surface area contributed by atoms with E-state index in [4.69, 9.17) is 4.52 Å².